The first-order chi connectivity index (χ1) is 11.0. The summed E-state index contributed by atoms with van der Waals surface area (Å²) in [6.45, 7) is 0. The third-order valence-corrected chi connectivity index (χ3v) is 3.21. The zero-order valence-electron chi connectivity index (χ0n) is 12.5. The molecule has 2 aromatic carbocycles. The lowest BCUT2D eigenvalue weighted by molar-refractivity contribution is 0.0954. The highest BCUT2D eigenvalue weighted by Crippen LogP contribution is 2.22. The number of phenolic OH excluding ortho intramolecular Hbond substituents is 1. The van der Waals surface area contributed by atoms with Crippen LogP contribution in [-0.2, 0) is 0 Å². The third-order valence-electron chi connectivity index (χ3n) is 2.97. The highest BCUT2D eigenvalue weighted by molar-refractivity contribution is 6.30. The molecule has 0 atom stereocenters. The van der Waals surface area contributed by atoms with E-state index in [1.165, 1.54) is 32.6 Å². The van der Waals surface area contributed by atoms with Gasteiger partial charge in [0, 0.05) is 22.2 Å². The fourth-order valence-corrected chi connectivity index (χ4v) is 1.97. The Balaban J connectivity index is 2.13. The van der Waals surface area contributed by atoms with Gasteiger partial charge in [-0.1, -0.05) is 11.6 Å². The number of benzene rings is 2. The number of hydrazone groups is 1. The van der Waals surface area contributed by atoms with Gasteiger partial charge in [0.2, 0.25) is 0 Å². The van der Waals surface area contributed by atoms with Crippen molar-refractivity contribution < 1.29 is 19.4 Å². The Bertz CT molecular complexity index is 725. The lowest BCUT2D eigenvalue weighted by atomic mass is 10.2. The molecular formula is C16H15ClN2O4. The molecule has 0 aliphatic heterocycles. The van der Waals surface area contributed by atoms with E-state index in [1.807, 2.05) is 0 Å². The van der Waals surface area contributed by atoms with Gasteiger partial charge in [-0.15, -0.1) is 0 Å². The van der Waals surface area contributed by atoms with Gasteiger partial charge < -0.3 is 14.6 Å². The molecule has 2 aromatic rings. The molecule has 1 amide bonds. The molecule has 0 bridgehead atoms. The van der Waals surface area contributed by atoms with Crippen LogP contribution in [0.2, 0.25) is 5.02 Å². The molecule has 23 heavy (non-hydrogen) atoms. The van der Waals surface area contributed by atoms with Crippen molar-refractivity contribution in [2.24, 2.45) is 5.10 Å². The summed E-state index contributed by atoms with van der Waals surface area (Å²) in [5.41, 5.74) is 3.08. The van der Waals surface area contributed by atoms with E-state index in [9.17, 15) is 9.90 Å². The van der Waals surface area contributed by atoms with Gasteiger partial charge in [0.25, 0.3) is 5.91 Å². The monoisotopic (exact) mass is 334 g/mol. The van der Waals surface area contributed by atoms with Crippen molar-refractivity contribution in [3.63, 3.8) is 0 Å². The summed E-state index contributed by atoms with van der Waals surface area (Å²) in [5, 5.41) is 13.9. The molecule has 0 saturated heterocycles. The van der Waals surface area contributed by atoms with Crippen LogP contribution in [0, 0.1) is 0 Å². The summed E-state index contributed by atoms with van der Waals surface area (Å²) in [6, 6.07) is 9.30. The number of ether oxygens (including phenoxy) is 2. The van der Waals surface area contributed by atoms with Crippen molar-refractivity contribution in [3.8, 4) is 17.2 Å². The Morgan fingerprint density at radius 3 is 2.43 bits per heavy atom. The second-order valence-electron chi connectivity index (χ2n) is 4.50. The van der Waals surface area contributed by atoms with Gasteiger partial charge in [-0.3, -0.25) is 4.79 Å². The van der Waals surface area contributed by atoms with E-state index >= 15 is 0 Å². The number of aromatic hydroxyl groups is 1. The van der Waals surface area contributed by atoms with Gasteiger partial charge >= 0.3 is 0 Å². The van der Waals surface area contributed by atoms with E-state index in [0.29, 0.717) is 27.6 Å². The molecular weight excluding hydrogens is 320 g/mol. The number of nitrogens with zero attached hydrogens (tertiary/aromatic N) is 1. The van der Waals surface area contributed by atoms with E-state index < -0.39 is 5.91 Å². The quantitative estimate of drug-likeness (QED) is 0.651. The standard InChI is InChI=1S/C16H15ClN2O4/c1-22-13-6-10(7-14(8-13)23-2)16(21)19-18-9-11-5-12(17)3-4-15(11)20/h3-9,20H,1-2H3,(H,19,21)/b18-9-. The number of methoxy groups -OCH3 is 2. The van der Waals surface area contributed by atoms with Crippen LogP contribution in [0.4, 0.5) is 0 Å². The van der Waals surface area contributed by atoms with Crippen LogP contribution < -0.4 is 14.9 Å². The number of hydrogen-bond donors (Lipinski definition) is 2. The van der Waals surface area contributed by atoms with E-state index in [2.05, 4.69) is 10.5 Å². The zero-order chi connectivity index (χ0) is 16.8. The van der Waals surface area contributed by atoms with Gasteiger partial charge in [0.15, 0.2) is 0 Å². The highest BCUT2D eigenvalue weighted by Gasteiger charge is 2.09. The van der Waals surface area contributed by atoms with Gasteiger partial charge in [-0.05, 0) is 30.3 Å². The topological polar surface area (TPSA) is 80.2 Å². The van der Waals surface area contributed by atoms with Crippen LogP contribution in [-0.4, -0.2) is 31.4 Å². The molecule has 0 unspecified atom stereocenters. The smallest absolute Gasteiger partial charge is 0.271 e. The van der Waals surface area contributed by atoms with E-state index in [1.54, 1.807) is 24.3 Å². The molecule has 0 saturated carbocycles. The van der Waals surface area contributed by atoms with Crippen LogP contribution in [0.15, 0.2) is 41.5 Å². The SMILES string of the molecule is COc1cc(OC)cc(C(=O)N/N=C\c2cc(Cl)ccc2O)c1. The average molecular weight is 335 g/mol. The number of hydrogen-bond acceptors (Lipinski definition) is 5. The fraction of sp³-hybridized carbons (Fsp3) is 0.125. The second kappa shape index (κ2) is 7.51. The van der Waals surface area contributed by atoms with Crippen LogP contribution in [0.5, 0.6) is 17.2 Å². The van der Waals surface area contributed by atoms with Crippen molar-refractivity contribution in [1.29, 1.82) is 0 Å². The van der Waals surface area contributed by atoms with Crippen LogP contribution in [0.1, 0.15) is 15.9 Å². The average Bonchev–Trinajstić information content (AvgIpc) is 2.57. The maximum Gasteiger partial charge on any atom is 0.271 e. The molecule has 120 valence electrons. The number of amides is 1. The number of phenols is 1. The number of halogens is 1. The predicted octanol–water partition coefficient (Wildman–Crippen LogP) is 2.83. The van der Waals surface area contributed by atoms with Crippen molar-refractivity contribution in [1.82, 2.24) is 5.43 Å². The number of nitrogens with one attached hydrogen (secondary N) is 1. The van der Waals surface area contributed by atoms with Crippen LogP contribution >= 0.6 is 11.6 Å². The summed E-state index contributed by atoms with van der Waals surface area (Å²) >= 11 is 5.83. The molecule has 0 aliphatic carbocycles. The lowest BCUT2D eigenvalue weighted by Gasteiger charge is -2.07. The Hall–Kier alpha value is -2.73. The van der Waals surface area contributed by atoms with Crippen molar-refractivity contribution in [2.75, 3.05) is 14.2 Å². The van der Waals surface area contributed by atoms with Gasteiger partial charge in [0.1, 0.15) is 17.2 Å². The first-order valence-corrected chi connectivity index (χ1v) is 6.96. The minimum absolute atomic E-state index is 0.00967. The van der Waals surface area contributed by atoms with Crippen molar-refractivity contribution in [2.45, 2.75) is 0 Å². The third kappa shape index (κ3) is 4.37. The van der Waals surface area contributed by atoms with Gasteiger partial charge in [-0.25, -0.2) is 5.43 Å². The zero-order valence-corrected chi connectivity index (χ0v) is 13.3. The minimum atomic E-state index is -0.444. The van der Waals surface area contributed by atoms with E-state index in [4.69, 9.17) is 21.1 Å². The molecule has 0 heterocycles. The minimum Gasteiger partial charge on any atom is -0.507 e. The fourth-order valence-electron chi connectivity index (χ4n) is 1.79. The first kappa shape index (κ1) is 16.6. The Morgan fingerprint density at radius 1 is 1.17 bits per heavy atom. The van der Waals surface area contributed by atoms with Gasteiger partial charge in [-0.2, -0.15) is 5.10 Å². The van der Waals surface area contributed by atoms with Gasteiger partial charge in [0.05, 0.1) is 20.4 Å². The Labute approximate surface area is 138 Å². The second-order valence-corrected chi connectivity index (χ2v) is 4.94. The maximum atomic E-state index is 12.1. The number of rotatable bonds is 5. The van der Waals surface area contributed by atoms with Crippen molar-refractivity contribution >= 4 is 23.7 Å². The molecule has 0 aromatic heterocycles. The molecule has 0 radical (unpaired) electrons. The molecule has 2 rings (SSSR count). The molecule has 0 spiro atoms. The molecule has 2 N–H and O–H groups in total. The summed E-state index contributed by atoms with van der Waals surface area (Å²) < 4.78 is 10.2. The number of carbonyl (C=O) groups is 1. The normalized spacial score (nSPS) is 10.6. The van der Waals surface area contributed by atoms with Crippen molar-refractivity contribution in [3.05, 3.63) is 52.5 Å². The van der Waals surface area contributed by atoms with E-state index in [0.717, 1.165) is 0 Å². The summed E-state index contributed by atoms with van der Waals surface area (Å²) in [7, 11) is 2.99. The lowest BCUT2D eigenvalue weighted by Crippen LogP contribution is -2.17. The maximum absolute atomic E-state index is 12.1. The predicted molar refractivity (Wildman–Crippen MR) is 87.7 cm³/mol. The van der Waals surface area contributed by atoms with Crippen LogP contribution in [0.25, 0.3) is 0 Å². The molecule has 6 nitrogen and oxygen atoms in total. The summed E-state index contributed by atoms with van der Waals surface area (Å²) in [5.74, 6) is 0.548. The largest absolute Gasteiger partial charge is 0.507 e. The Morgan fingerprint density at radius 2 is 1.83 bits per heavy atom. The molecule has 0 fully saturated rings. The number of carbonyl (C=O) groups excluding carboxylic acids is 1. The summed E-state index contributed by atoms with van der Waals surface area (Å²) in [4.78, 5) is 12.1. The summed E-state index contributed by atoms with van der Waals surface area (Å²) in [6.07, 6.45) is 1.30. The molecule has 7 heteroatoms. The molecule has 0 aliphatic rings. The Kier molecular flexibility index (Phi) is 5.43. The first-order valence-electron chi connectivity index (χ1n) is 6.58. The van der Waals surface area contributed by atoms with E-state index in [-0.39, 0.29) is 5.75 Å². The highest BCUT2D eigenvalue weighted by atomic mass is 35.5. The van der Waals surface area contributed by atoms with Crippen LogP contribution in [0.3, 0.4) is 0 Å².